The van der Waals surface area contributed by atoms with E-state index in [-0.39, 0.29) is 23.9 Å². The number of halogens is 1. The van der Waals surface area contributed by atoms with Gasteiger partial charge >= 0.3 is 0 Å². The van der Waals surface area contributed by atoms with Gasteiger partial charge in [0.05, 0.1) is 17.8 Å². The van der Waals surface area contributed by atoms with Crippen LogP contribution in [0.3, 0.4) is 0 Å². The average Bonchev–Trinajstić information content (AvgIpc) is 3.15. The van der Waals surface area contributed by atoms with E-state index in [1.165, 1.54) is 21.5 Å². The predicted octanol–water partition coefficient (Wildman–Crippen LogP) is 3.92. The van der Waals surface area contributed by atoms with Crippen molar-refractivity contribution in [2.45, 2.75) is 45.7 Å². The number of carbonyl (C=O) groups excluding carboxylic acids is 1. The molecule has 0 bridgehead atoms. The van der Waals surface area contributed by atoms with Gasteiger partial charge in [-0.3, -0.25) is 14.2 Å². The number of aryl methyl sites for hydroxylation is 4. The van der Waals surface area contributed by atoms with Crippen molar-refractivity contribution in [3.05, 3.63) is 61.5 Å². The van der Waals surface area contributed by atoms with Crippen molar-refractivity contribution in [1.82, 2.24) is 14.9 Å². The Morgan fingerprint density at radius 1 is 1.41 bits per heavy atom. The Hall–Kier alpha value is -2.18. The molecule has 0 saturated carbocycles. The van der Waals surface area contributed by atoms with Crippen LogP contribution in [0.4, 0.5) is 0 Å². The van der Waals surface area contributed by atoms with E-state index >= 15 is 0 Å². The number of carbonyl (C=O) groups is 1. The molecule has 2 heterocycles. The first kappa shape index (κ1) is 18.2. The summed E-state index contributed by atoms with van der Waals surface area (Å²) >= 11 is 7.57. The Morgan fingerprint density at radius 3 is 3.04 bits per heavy atom. The molecule has 1 aromatic carbocycles. The third-order valence-electron chi connectivity index (χ3n) is 5.25. The lowest BCUT2D eigenvalue weighted by molar-refractivity contribution is -0.122. The maximum Gasteiger partial charge on any atom is 0.262 e. The summed E-state index contributed by atoms with van der Waals surface area (Å²) < 4.78 is 1.53. The molecule has 0 fully saturated rings. The summed E-state index contributed by atoms with van der Waals surface area (Å²) in [5, 5.41) is 4.47. The highest BCUT2D eigenvalue weighted by molar-refractivity contribution is 7.18. The van der Waals surface area contributed by atoms with Crippen molar-refractivity contribution < 1.29 is 4.79 Å². The van der Waals surface area contributed by atoms with E-state index in [0.717, 1.165) is 38.7 Å². The smallest absolute Gasteiger partial charge is 0.262 e. The van der Waals surface area contributed by atoms with Crippen LogP contribution in [0.5, 0.6) is 0 Å². The summed E-state index contributed by atoms with van der Waals surface area (Å²) in [6.45, 7) is 4.26. The van der Waals surface area contributed by atoms with E-state index in [2.05, 4.69) is 10.3 Å². The first-order valence-corrected chi connectivity index (χ1v) is 10.2. The van der Waals surface area contributed by atoms with Crippen LogP contribution in [0.1, 0.15) is 40.5 Å². The molecule has 140 valence electrons. The Balaban J connectivity index is 1.45. The molecule has 1 aliphatic carbocycles. The number of hydrogen-bond acceptors (Lipinski definition) is 4. The number of benzene rings is 1. The van der Waals surface area contributed by atoms with E-state index in [1.54, 1.807) is 6.33 Å². The van der Waals surface area contributed by atoms with Gasteiger partial charge in [-0.1, -0.05) is 17.7 Å². The topological polar surface area (TPSA) is 64.0 Å². The molecule has 0 radical (unpaired) electrons. The summed E-state index contributed by atoms with van der Waals surface area (Å²) in [5.74, 6) is -0.0620. The van der Waals surface area contributed by atoms with Crippen molar-refractivity contribution >= 4 is 39.1 Å². The van der Waals surface area contributed by atoms with Crippen LogP contribution in [-0.2, 0) is 17.8 Å². The summed E-state index contributed by atoms with van der Waals surface area (Å²) in [6, 6.07) is 5.83. The van der Waals surface area contributed by atoms with Gasteiger partial charge in [0, 0.05) is 22.9 Å². The minimum Gasteiger partial charge on any atom is -0.349 e. The van der Waals surface area contributed by atoms with Gasteiger partial charge < -0.3 is 5.32 Å². The second kappa shape index (κ2) is 7.09. The van der Waals surface area contributed by atoms with E-state index in [0.29, 0.717) is 11.9 Å². The van der Waals surface area contributed by atoms with Gasteiger partial charge in [0.2, 0.25) is 5.91 Å². The molecule has 1 aliphatic rings. The third-order valence-corrected chi connectivity index (χ3v) is 6.60. The highest BCUT2D eigenvalue weighted by Crippen LogP contribution is 2.32. The first-order chi connectivity index (χ1) is 12.9. The molecule has 1 unspecified atom stereocenters. The lowest BCUT2D eigenvalue weighted by Crippen LogP contribution is -2.29. The largest absolute Gasteiger partial charge is 0.349 e. The number of thiophene rings is 1. The zero-order valence-corrected chi connectivity index (χ0v) is 16.8. The van der Waals surface area contributed by atoms with Gasteiger partial charge in [0.1, 0.15) is 4.83 Å². The number of hydrogen-bond donors (Lipinski definition) is 1. The highest BCUT2D eigenvalue weighted by atomic mass is 35.5. The summed E-state index contributed by atoms with van der Waals surface area (Å²) in [7, 11) is 0. The number of aromatic nitrogens is 2. The number of fused-ring (bicyclic) bond motifs is 2. The molecule has 0 aliphatic heterocycles. The Kier molecular flexibility index (Phi) is 4.78. The average molecular weight is 402 g/mol. The maximum atomic E-state index is 12.7. The summed E-state index contributed by atoms with van der Waals surface area (Å²) in [5.41, 5.74) is 3.24. The highest BCUT2D eigenvalue weighted by Gasteiger charge is 2.24. The summed E-state index contributed by atoms with van der Waals surface area (Å²) in [6.07, 6.45) is 3.58. The monoisotopic (exact) mass is 401 g/mol. The zero-order valence-electron chi connectivity index (χ0n) is 15.2. The fourth-order valence-corrected chi connectivity index (χ4v) is 4.84. The summed E-state index contributed by atoms with van der Waals surface area (Å²) in [4.78, 5) is 31.4. The quantitative estimate of drug-likeness (QED) is 0.720. The first-order valence-electron chi connectivity index (χ1n) is 8.97. The van der Waals surface area contributed by atoms with Crippen molar-refractivity contribution in [3.63, 3.8) is 0 Å². The van der Waals surface area contributed by atoms with Gasteiger partial charge in [0.25, 0.3) is 5.56 Å². The second-order valence-electron chi connectivity index (χ2n) is 6.96. The molecule has 1 amide bonds. The van der Waals surface area contributed by atoms with Crippen LogP contribution in [0.2, 0.25) is 5.02 Å². The lowest BCUT2D eigenvalue weighted by atomic mass is 10.1. The van der Waals surface area contributed by atoms with Crippen molar-refractivity contribution in [2.24, 2.45) is 0 Å². The van der Waals surface area contributed by atoms with Crippen LogP contribution in [0, 0.1) is 13.8 Å². The van der Waals surface area contributed by atoms with E-state index < -0.39 is 0 Å². The molecule has 27 heavy (non-hydrogen) atoms. The van der Waals surface area contributed by atoms with E-state index in [1.807, 2.05) is 32.0 Å². The van der Waals surface area contributed by atoms with Crippen molar-refractivity contribution in [1.29, 1.82) is 0 Å². The van der Waals surface area contributed by atoms with Gasteiger partial charge in [-0.05, 0) is 55.5 Å². The van der Waals surface area contributed by atoms with Gasteiger partial charge in [0.15, 0.2) is 0 Å². The molecular weight excluding hydrogens is 382 g/mol. The Labute approximate surface area is 166 Å². The zero-order chi connectivity index (χ0) is 19.1. The fraction of sp³-hybridized carbons (Fsp3) is 0.350. The van der Waals surface area contributed by atoms with Gasteiger partial charge in [-0.25, -0.2) is 4.98 Å². The Morgan fingerprint density at radius 2 is 2.22 bits per heavy atom. The van der Waals surface area contributed by atoms with Crippen LogP contribution in [-0.4, -0.2) is 15.5 Å². The van der Waals surface area contributed by atoms with Crippen molar-refractivity contribution in [2.75, 3.05) is 0 Å². The molecule has 4 rings (SSSR count). The van der Waals surface area contributed by atoms with Crippen LogP contribution >= 0.6 is 22.9 Å². The van der Waals surface area contributed by atoms with Crippen molar-refractivity contribution in [3.8, 4) is 0 Å². The minimum absolute atomic E-state index is 0.0175. The van der Waals surface area contributed by atoms with Crippen LogP contribution in [0.15, 0.2) is 29.3 Å². The van der Waals surface area contributed by atoms with Crippen LogP contribution in [0.25, 0.3) is 10.2 Å². The molecule has 5 nitrogen and oxygen atoms in total. The van der Waals surface area contributed by atoms with Gasteiger partial charge in [-0.15, -0.1) is 11.3 Å². The number of rotatable bonds is 4. The molecule has 2 aromatic heterocycles. The molecule has 3 aromatic rings. The molecule has 1 N–H and O–H groups in total. The van der Waals surface area contributed by atoms with E-state index in [9.17, 15) is 9.59 Å². The molecule has 7 heteroatoms. The Bertz CT molecular complexity index is 1100. The van der Waals surface area contributed by atoms with Gasteiger partial charge in [-0.2, -0.15) is 0 Å². The second-order valence-corrected chi connectivity index (χ2v) is 8.60. The number of nitrogens with zero attached hydrogens (tertiary/aromatic N) is 2. The van der Waals surface area contributed by atoms with E-state index in [4.69, 9.17) is 11.6 Å². The molecular formula is C20H20ClN3O2S. The van der Waals surface area contributed by atoms with Crippen LogP contribution < -0.4 is 10.9 Å². The third kappa shape index (κ3) is 3.39. The number of amides is 1. The predicted molar refractivity (Wildman–Crippen MR) is 109 cm³/mol. The SMILES string of the molecule is Cc1sc2ncn(CCC(=O)NC3CCc4cc(Cl)ccc43)c(=O)c2c1C. The minimum atomic E-state index is -0.0736. The molecule has 0 spiro atoms. The normalized spacial score (nSPS) is 15.9. The number of nitrogens with one attached hydrogen (secondary N) is 1. The molecule has 0 saturated heterocycles. The fourth-order valence-electron chi connectivity index (χ4n) is 3.65. The maximum absolute atomic E-state index is 12.7. The standard InChI is InChI=1S/C20H20ClN3O2S/c1-11-12(2)27-19-18(11)20(26)24(10-22-19)8-7-17(25)23-16-6-3-13-9-14(21)4-5-15(13)16/h4-5,9-10,16H,3,6-8H2,1-2H3,(H,23,25). The lowest BCUT2D eigenvalue weighted by Gasteiger charge is -2.14. The molecule has 1 atom stereocenters.